The second-order valence-electron chi connectivity index (χ2n) is 3.80. The molecule has 1 saturated heterocycles. The van der Waals surface area contributed by atoms with Gasteiger partial charge in [-0.2, -0.15) is 0 Å². The SMILES string of the molecule is CCOC(=O)N1C[C@@H]2C(C)=C[C@@H]2NC1=O. The number of carbonyl (C=O) groups is 2. The third-order valence-corrected chi connectivity index (χ3v) is 2.86. The van der Waals surface area contributed by atoms with Crippen molar-refractivity contribution in [3.8, 4) is 0 Å². The maximum absolute atomic E-state index is 11.5. The van der Waals surface area contributed by atoms with Gasteiger partial charge in [0, 0.05) is 12.5 Å². The number of fused-ring (bicyclic) bond motifs is 1. The summed E-state index contributed by atoms with van der Waals surface area (Å²) < 4.78 is 4.80. The van der Waals surface area contributed by atoms with Crippen LogP contribution in [0.1, 0.15) is 13.8 Å². The molecule has 15 heavy (non-hydrogen) atoms. The van der Waals surface area contributed by atoms with Crippen LogP contribution in [0.3, 0.4) is 0 Å². The quantitative estimate of drug-likeness (QED) is 0.659. The minimum absolute atomic E-state index is 0.100. The summed E-state index contributed by atoms with van der Waals surface area (Å²) in [6.07, 6.45) is 1.44. The second kappa shape index (κ2) is 3.56. The van der Waals surface area contributed by atoms with Crippen LogP contribution < -0.4 is 5.32 Å². The summed E-state index contributed by atoms with van der Waals surface area (Å²) in [5, 5.41) is 2.75. The molecular weight excluding hydrogens is 196 g/mol. The van der Waals surface area contributed by atoms with Gasteiger partial charge in [-0.25, -0.2) is 14.5 Å². The molecule has 2 rings (SSSR count). The van der Waals surface area contributed by atoms with Gasteiger partial charge in [-0.15, -0.1) is 0 Å². The first-order chi connectivity index (χ1) is 7.13. The summed E-state index contributed by atoms with van der Waals surface area (Å²) in [6.45, 7) is 4.43. The predicted molar refractivity (Wildman–Crippen MR) is 53.3 cm³/mol. The fraction of sp³-hybridized carbons (Fsp3) is 0.600. The lowest BCUT2D eigenvalue weighted by atomic mass is 9.79. The van der Waals surface area contributed by atoms with E-state index >= 15 is 0 Å². The Morgan fingerprint density at radius 2 is 2.47 bits per heavy atom. The van der Waals surface area contributed by atoms with Crippen LogP contribution in [0.2, 0.25) is 0 Å². The number of amides is 3. The normalized spacial score (nSPS) is 28.5. The number of rotatable bonds is 1. The minimum atomic E-state index is -0.562. The number of carbonyl (C=O) groups excluding carboxylic acids is 2. The topological polar surface area (TPSA) is 58.6 Å². The van der Waals surface area contributed by atoms with Crippen LogP contribution in [0, 0.1) is 5.92 Å². The third-order valence-electron chi connectivity index (χ3n) is 2.86. The number of urea groups is 1. The average molecular weight is 210 g/mol. The van der Waals surface area contributed by atoms with Crippen molar-refractivity contribution in [2.24, 2.45) is 5.92 Å². The van der Waals surface area contributed by atoms with E-state index in [0.29, 0.717) is 6.54 Å². The molecule has 5 nitrogen and oxygen atoms in total. The van der Waals surface area contributed by atoms with Gasteiger partial charge in [-0.3, -0.25) is 0 Å². The summed E-state index contributed by atoms with van der Waals surface area (Å²) >= 11 is 0. The molecule has 82 valence electrons. The highest BCUT2D eigenvalue weighted by Crippen LogP contribution is 2.31. The van der Waals surface area contributed by atoms with E-state index in [0.717, 1.165) is 4.90 Å². The molecule has 0 bridgehead atoms. The van der Waals surface area contributed by atoms with Crippen LogP contribution in [-0.2, 0) is 4.74 Å². The Labute approximate surface area is 88.1 Å². The van der Waals surface area contributed by atoms with Gasteiger partial charge in [0.05, 0.1) is 12.6 Å². The molecule has 0 radical (unpaired) electrons. The molecule has 0 aromatic carbocycles. The number of nitrogens with one attached hydrogen (secondary N) is 1. The van der Waals surface area contributed by atoms with E-state index in [2.05, 4.69) is 5.32 Å². The predicted octanol–water partition coefficient (Wildman–Crippen LogP) is 1.11. The van der Waals surface area contributed by atoms with Gasteiger partial charge < -0.3 is 10.1 Å². The molecule has 2 atom stereocenters. The molecule has 0 unspecified atom stereocenters. The van der Waals surface area contributed by atoms with Crippen LogP contribution in [0.5, 0.6) is 0 Å². The van der Waals surface area contributed by atoms with Gasteiger partial charge >= 0.3 is 12.1 Å². The van der Waals surface area contributed by atoms with Crippen LogP contribution in [0.4, 0.5) is 9.59 Å². The van der Waals surface area contributed by atoms with Crippen LogP contribution in [0.25, 0.3) is 0 Å². The van der Waals surface area contributed by atoms with Crippen molar-refractivity contribution in [3.63, 3.8) is 0 Å². The van der Waals surface area contributed by atoms with E-state index in [4.69, 9.17) is 4.74 Å². The summed E-state index contributed by atoms with van der Waals surface area (Å²) in [5.74, 6) is 0.257. The first-order valence-electron chi connectivity index (χ1n) is 5.06. The molecule has 2 aliphatic rings. The summed E-state index contributed by atoms with van der Waals surface area (Å²) in [5.41, 5.74) is 1.22. The molecule has 1 heterocycles. The van der Waals surface area contributed by atoms with Crippen LogP contribution in [0.15, 0.2) is 11.6 Å². The summed E-state index contributed by atoms with van der Waals surface area (Å²) in [7, 11) is 0. The monoisotopic (exact) mass is 210 g/mol. The van der Waals surface area contributed by atoms with E-state index in [-0.39, 0.29) is 24.6 Å². The van der Waals surface area contributed by atoms with E-state index in [9.17, 15) is 9.59 Å². The average Bonchev–Trinajstić information content (AvgIpc) is 2.17. The maximum Gasteiger partial charge on any atom is 0.417 e. The van der Waals surface area contributed by atoms with E-state index in [1.54, 1.807) is 6.92 Å². The number of hydrogen-bond acceptors (Lipinski definition) is 3. The zero-order valence-electron chi connectivity index (χ0n) is 8.82. The summed E-state index contributed by atoms with van der Waals surface area (Å²) in [6, 6.07) is -0.262. The van der Waals surface area contributed by atoms with Gasteiger partial charge in [-0.05, 0) is 13.8 Å². The second-order valence-corrected chi connectivity index (χ2v) is 3.80. The zero-order chi connectivity index (χ0) is 11.0. The van der Waals surface area contributed by atoms with Crippen molar-refractivity contribution in [2.45, 2.75) is 19.9 Å². The maximum atomic E-state index is 11.5. The van der Waals surface area contributed by atoms with E-state index < -0.39 is 6.09 Å². The highest BCUT2D eigenvalue weighted by molar-refractivity contribution is 5.92. The van der Waals surface area contributed by atoms with Crippen molar-refractivity contribution in [1.82, 2.24) is 10.2 Å². The molecular formula is C10H14N2O3. The Kier molecular flexibility index (Phi) is 2.38. The largest absolute Gasteiger partial charge is 0.449 e. The molecule has 0 spiro atoms. The highest BCUT2D eigenvalue weighted by atomic mass is 16.6. The Hall–Kier alpha value is -1.52. The molecule has 1 aliphatic carbocycles. The van der Waals surface area contributed by atoms with Gasteiger partial charge in [0.25, 0.3) is 0 Å². The van der Waals surface area contributed by atoms with Gasteiger partial charge in [0.2, 0.25) is 0 Å². The van der Waals surface area contributed by atoms with Crippen molar-refractivity contribution in [3.05, 3.63) is 11.6 Å². The molecule has 1 fully saturated rings. The lowest BCUT2D eigenvalue weighted by Crippen LogP contribution is -2.61. The Morgan fingerprint density at radius 1 is 1.73 bits per heavy atom. The van der Waals surface area contributed by atoms with Crippen molar-refractivity contribution >= 4 is 12.1 Å². The van der Waals surface area contributed by atoms with Crippen molar-refractivity contribution < 1.29 is 14.3 Å². The standard InChI is InChI=1S/C10H14N2O3/c1-3-15-10(14)12-5-7-6(2)4-8(7)11-9(12)13/h4,7-8H,3,5H2,1-2H3,(H,11,13)/t7-,8+/m1/s1. The third kappa shape index (κ3) is 1.58. The minimum Gasteiger partial charge on any atom is -0.449 e. The summed E-state index contributed by atoms with van der Waals surface area (Å²) in [4.78, 5) is 24.0. The van der Waals surface area contributed by atoms with Crippen LogP contribution >= 0.6 is 0 Å². The van der Waals surface area contributed by atoms with Crippen molar-refractivity contribution in [1.29, 1.82) is 0 Å². The number of hydrogen-bond donors (Lipinski definition) is 1. The van der Waals surface area contributed by atoms with E-state index in [1.807, 2.05) is 13.0 Å². The smallest absolute Gasteiger partial charge is 0.417 e. The van der Waals surface area contributed by atoms with E-state index in [1.165, 1.54) is 5.57 Å². The highest BCUT2D eigenvalue weighted by Gasteiger charge is 2.41. The Balaban J connectivity index is 2.05. The van der Waals surface area contributed by atoms with Gasteiger partial charge in [-0.1, -0.05) is 11.6 Å². The molecule has 0 aromatic heterocycles. The molecule has 1 aliphatic heterocycles. The lowest BCUT2D eigenvalue weighted by molar-refractivity contribution is 0.0982. The van der Waals surface area contributed by atoms with Gasteiger partial charge in [0.1, 0.15) is 0 Å². The lowest BCUT2D eigenvalue weighted by Gasteiger charge is -2.42. The zero-order valence-corrected chi connectivity index (χ0v) is 8.82. The molecule has 1 N–H and O–H groups in total. The first-order valence-corrected chi connectivity index (χ1v) is 5.06. The fourth-order valence-electron chi connectivity index (χ4n) is 1.95. The molecule has 3 amide bonds. The van der Waals surface area contributed by atoms with Crippen LogP contribution in [-0.4, -0.2) is 36.2 Å². The number of imide groups is 1. The fourth-order valence-corrected chi connectivity index (χ4v) is 1.95. The number of nitrogens with zero attached hydrogens (tertiary/aromatic N) is 1. The molecule has 0 saturated carbocycles. The first kappa shape index (κ1) is 10.0. The Bertz CT molecular complexity index is 338. The molecule has 5 heteroatoms. The number of ether oxygens (including phenoxy) is 1. The van der Waals surface area contributed by atoms with Crippen molar-refractivity contribution in [2.75, 3.05) is 13.2 Å². The van der Waals surface area contributed by atoms with Gasteiger partial charge in [0.15, 0.2) is 0 Å². The molecule has 0 aromatic rings. The Morgan fingerprint density at radius 3 is 3.07 bits per heavy atom.